The molecule has 1 atom stereocenters. The third kappa shape index (κ3) is 2.84. The van der Waals surface area contributed by atoms with E-state index in [-0.39, 0.29) is 0 Å². The van der Waals surface area contributed by atoms with Crippen LogP contribution in [0, 0.1) is 5.41 Å². The molecule has 1 nitrogen and oxygen atoms in total. The highest BCUT2D eigenvalue weighted by Crippen LogP contribution is 2.44. The first-order valence-electron chi connectivity index (χ1n) is 4.11. The molecule has 0 spiro atoms. The van der Waals surface area contributed by atoms with Crippen molar-refractivity contribution in [2.75, 3.05) is 12.4 Å². The van der Waals surface area contributed by atoms with Gasteiger partial charge in [0.05, 0.1) is 0 Å². The fourth-order valence-corrected chi connectivity index (χ4v) is 1.30. The van der Waals surface area contributed by atoms with Crippen molar-refractivity contribution < 1.29 is 0 Å². The third-order valence-corrected chi connectivity index (χ3v) is 2.43. The Morgan fingerprint density at radius 3 is 2.64 bits per heavy atom. The topological polar surface area (TPSA) is 12.0 Å². The van der Waals surface area contributed by atoms with Crippen molar-refractivity contribution in [2.24, 2.45) is 5.41 Å². The van der Waals surface area contributed by atoms with Crippen molar-refractivity contribution in [3.8, 4) is 0 Å². The number of halogens is 1. The average molecular weight is 174 g/mol. The SMILES string of the molecule is CC1(C)CC1NC/C=C/CCl. The minimum atomic E-state index is 0.537. The van der Waals surface area contributed by atoms with Crippen molar-refractivity contribution in [3.05, 3.63) is 12.2 Å². The molecular formula is C9H16ClN. The fourth-order valence-electron chi connectivity index (χ4n) is 1.17. The number of nitrogens with one attached hydrogen (secondary N) is 1. The lowest BCUT2D eigenvalue weighted by Gasteiger charge is -2.02. The summed E-state index contributed by atoms with van der Waals surface area (Å²) in [6.45, 7) is 5.53. The summed E-state index contributed by atoms with van der Waals surface area (Å²) >= 11 is 5.47. The average Bonchev–Trinajstić information content (AvgIpc) is 2.52. The first kappa shape index (κ1) is 9.08. The summed E-state index contributed by atoms with van der Waals surface area (Å²) in [5.41, 5.74) is 0.537. The van der Waals surface area contributed by atoms with E-state index in [0.29, 0.717) is 11.3 Å². The van der Waals surface area contributed by atoms with E-state index < -0.39 is 0 Å². The molecule has 0 aromatic heterocycles. The van der Waals surface area contributed by atoms with Gasteiger partial charge < -0.3 is 5.32 Å². The molecule has 11 heavy (non-hydrogen) atoms. The van der Waals surface area contributed by atoms with Gasteiger partial charge in [0, 0.05) is 18.5 Å². The third-order valence-electron chi connectivity index (χ3n) is 2.25. The van der Waals surface area contributed by atoms with Crippen LogP contribution in [0.3, 0.4) is 0 Å². The van der Waals surface area contributed by atoms with Crippen molar-refractivity contribution >= 4 is 11.6 Å². The van der Waals surface area contributed by atoms with Gasteiger partial charge in [0.15, 0.2) is 0 Å². The summed E-state index contributed by atoms with van der Waals surface area (Å²) in [6.07, 6.45) is 5.37. The molecule has 2 heteroatoms. The number of allylic oxidation sites excluding steroid dienone is 1. The Bertz CT molecular complexity index is 152. The predicted molar refractivity (Wildman–Crippen MR) is 50.0 cm³/mol. The fraction of sp³-hybridized carbons (Fsp3) is 0.778. The number of hydrogen-bond acceptors (Lipinski definition) is 1. The molecule has 1 aliphatic rings. The molecule has 1 saturated carbocycles. The molecular weight excluding hydrogens is 158 g/mol. The highest BCUT2D eigenvalue weighted by atomic mass is 35.5. The van der Waals surface area contributed by atoms with Crippen molar-refractivity contribution in [2.45, 2.75) is 26.3 Å². The second-order valence-electron chi connectivity index (χ2n) is 3.78. The summed E-state index contributed by atoms with van der Waals surface area (Å²) in [6, 6.07) is 0.725. The van der Waals surface area contributed by atoms with Crippen LogP contribution >= 0.6 is 11.6 Å². The van der Waals surface area contributed by atoms with Crippen molar-refractivity contribution in [1.82, 2.24) is 5.32 Å². The Labute approximate surface area is 73.8 Å². The van der Waals surface area contributed by atoms with Gasteiger partial charge in [0.2, 0.25) is 0 Å². The van der Waals surface area contributed by atoms with Gasteiger partial charge in [-0.25, -0.2) is 0 Å². The van der Waals surface area contributed by atoms with E-state index in [9.17, 15) is 0 Å². The van der Waals surface area contributed by atoms with E-state index in [4.69, 9.17) is 11.6 Å². The summed E-state index contributed by atoms with van der Waals surface area (Å²) < 4.78 is 0. The quantitative estimate of drug-likeness (QED) is 0.508. The molecule has 0 heterocycles. The predicted octanol–water partition coefficient (Wildman–Crippen LogP) is 2.17. The second kappa shape index (κ2) is 3.59. The van der Waals surface area contributed by atoms with Gasteiger partial charge in [0.25, 0.3) is 0 Å². The summed E-state index contributed by atoms with van der Waals surface area (Å²) in [7, 11) is 0. The molecule has 64 valence electrons. The van der Waals surface area contributed by atoms with Crippen LogP contribution in [0.15, 0.2) is 12.2 Å². The van der Waals surface area contributed by atoms with E-state index in [1.54, 1.807) is 0 Å². The number of hydrogen-bond donors (Lipinski definition) is 1. The van der Waals surface area contributed by atoms with Crippen molar-refractivity contribution in [3.63, 3.8) is 0 Å². The molecule has 0 aliphatic heterocycles. The van der Waals surface area contributed by atoms with Crippen LogP contribution in [0.4, 0.5) is 0 Å². The molecule has 0 saturated heterocycles. The summed E-state index contributed by atoms with van der Waals surface area (Å²) in [5.74, 6) is 0.621. The minimum Gasteiger partial charge on any atom is -0.310 e. The van der Waals surface area contributed by atoms with Crippen LogP contribution in [0.25, 0.3) is 0 Å². The molecule has 1 unspecified atom stereocenters. The molecule has 0 radical (unpaired) electrons. The van der Waals surface area contributed by atoms with E-state index in [1.807, 2.05) is 6.08 Å². The molecule has 0 aromatic rings. The molecule has 0 aromatic carbocycles. The van der Waals surface area contributed by atoms with Crippen LogP contribution < -0.4 is 5.32 Å². The molecule has 1 fully saturated rings. The highest BCUT2D eigenvalue weighted by molar-refractivity contribution is 6.18. The van der Waals surface area contributed by atoms with Crippen molar-refractivity contribution in [1.29, 1.82) is 0 Å². The van der Waals surface area contributed by atoms with Gasteiger partial charge in [-0.1, -0.05) is 26.0 Å². The van der Waals surface area contributed by atoms with Gasteiger partial charge in [-0.15, -0.1) is 11.6 Å². The molecule has 0 bridgehead atoms. The van der Waals surface area contributed by atoms with Gasteiger partial charge >= 0.3 is 0 Å². The van der Waals surface area contributed by atoms with Gasteiger partial charge in [0.1, 0.15) is 0 Å². The summed E-state index contributed by atoms with van der Waals surface area (Å²) in [4.78, 5) is 0. The van der Waals surface area contributed by atoms with Crippen LogP contribution in [-0.2, 0) is 0 Å². The van der Waals surface area contributed by atoms with Gasteiger partial charge in [-0.2, -0.15) is 0 Å². The maximum atomic E-state index is 5.47. The standard InChI is InChI=1S/C9H16ClN/c1-9(2)7-8(9)11-6-4-3-5-10/h3-4,8,11H,5-7H2,1-2H3/b4-3+. The lowest BCUT2D eigenvalue weighted by Crippen LogP contribution is -2.20. The molecule has 0 amide bonds. The van der Waals surface area contributed by atoms with E-state index in [2.05, 4.69) is 25.2 Å². The Morgan fingerprint density at radius 1 is 1.55 bits per heavy atom. The maximum Gasteiger partial charge on any atom is 0.0404 e. The largest absolute Gasteiger partial charge is 0.310 e. The first-order valence-corrected chi connectivity index (χ1v) is 4.64. The van der Waals surface area contributed by atoms with Crippen LogP contribution in [0.1, 0.15) is 20.3 Å². The monoisotopic (exact) mass is 173 g/mol. The van der Waals surface area contributed by atoms with Gasteiger partial charge in [-0.05, 0) is 11.8 Å². The summed E-state index contributed by atoms with van der Waals surface area (Å²) in [5, 5.41) is 3.44. The van der Waals surface area contributed by atoms with E-state index in [0.717, 1.165) is 12.6 Å². The van der Waals surface area contributed by atoms with Gasteiger partial charge in [-0.3, -0.25) is 0 Å². The molecule has 1 aliphatic carbocycles. The normalized spacial score (nSPS) is 27.7. The zero-order valence-electron chi connectivity index (χ0n) is 7.23. The van der Waals surface area contributed by atoms with Crippen LogP contribution in [0.5, 0.6) is 0 Å². The Balaban J connectivity index is 2.02. The molecule has 1 rings (SSSR count). The highest BCUT2D eigenvalue weighted by Gasteiger charge is 2.44. The Morgan fingerprint density at radius 2 is 2.18 bits per heavy atom. The molecule has 1 N–H and O–H groups in total. The lowest BCUT2D eigenvalue weighted by atomic mass is 10.2. The zero-order valence-corrected chi connectivity index (χ0v) is 7.99. The second-order valence-corrected chi connectivity index (χ2v) is 4.09. The van der Waals surface area contributed by atoms with E-state index in [1.165, 1.54) is 6.42 Å². The number of rotatable bonds is 4. The van der Waals surface area contributed by atoms with Crippen LogP contribution in [-0.4, -0.2) is 18.5 Å². The Hall–Kier alpha value is -0.0100. The maximum absolute atomic E-state index is 5.47. The minimum absolute atomic E-state index is 0.537. The smallest absolute Gasteiger partial charge is 0.0404 e. The van der Waals surface area contributed by atoms with Crippen LogP contribution in [0.2, 0.25) is 0 Å². The van der Waals surface area contributed by atoms with E-state index >= 15 is 0 Å². The first-order chi connectivity index (χ1) is 5.17. The number of alkyl halides is 1. The lowest BCUT2D eigenvalue weighted by molar-refractivity contribution is 0.561. The Kier molecular flexibility index (Phi) is 2.97. The zero-order chi connectivity index (χ0) is 8.32.